The van der Waals surface area contributed by atoms with Crippen LogP contribution in [0.15, 0.2) is 11.1 Å². The third-order valence-electron chi connectivity index (χ3n) is 10.2. The van der Waals surface area contributed by atoms with Gasteiger partial charge in [0.15, 0.2) is 30.0 Å². The number of aliphatic hydroxyl groups is 8. The molecular weight excluding hydrogens is 781 g/mol. The number of rotatable bonds is 12. The van der Waals surface area contributed by atoms with Crippen LogP contribution in [-0.4, -0.2) is 195 Å². The lowest BCUT2D eigenvalue weighted by molar-refractivity contribution is -0.331. The molecule has 3 aliphatic heterocycles. The lowest BCUT2D eigenvalue weighted by atomic mass is 9.84. The van der Waals surface area contributed by atoms with Crippen molar-refractivity contribution in [1.82, 2.24) is 19.5 Å². The number of nitrogens with two attached hydrogens (primary N) is 5. The Balaban J connectivity index is 1.07. The second-order valence-electron chi connectivity index (χ2n) is 14.0. The van der Waals surface area contributed by atoms with Crippen LogP contribution >= 0.6 is 7.82 Å². The first kappa shape index (κ1) is 43.2. The van der Waals surface area contributed by atoms with E-state index < -0.39 is 149 Å². The first-order chi connectivity index (χ1) is 26.4. The Kier molecular flexibility index (Phi) is 13.1. The fourth-order valence-corrected chi connectivity index (χ4v) is 8.06. The number of anilines is 1. The summed E-state index contributed by atoms with van der Waals surface area (Å²) in [4.78, 5) is 32.9. The number of phosphoric acid groups is 1. The Morgan fingerprint density at radius 3 is 2.09 bits per heavy atom. The summed E-state index contributed by atoms with van der Waals surface area (Å²) in [5.41, 5.74) is 28.8. The van der Waals surface area contributed by atoms with Crippen molar-refractivity contribution >= 4 is 24.9 Å². The van der Waals surface area contributed by atoms with Crippen LogP contribution in [0.1, 0.15) is 12.6 Å². The van der Waals surface area contributed by atoms with Gasteiger partial charge < -0.3 is 98.1 Å². The van der Waals surface area contributed by atoms with Crippen molar-refractivity contribution < 1.29 is 83.0 Å². The molecule has 20 atom stereocenters. The highest BCUT2D eigenvalue weighted by Gasteiger charge is 2.53. The van der Waals surface area contributed by atoms with Crippen LogP contribution < -0.4 is 34.2 Å². The number of aromatic nitrogens is 4. The molecule has 0 bridgehead atoms. The number of H-pyrrole nitrogens is 1. The quantitative estimate of drug-likeness (QED) is 0.0883. The van der Waals surface area contributed by atoms with Crippen molar-refractivity contribution in [2.75, 3.05) is 25.5 Å². The normalized spacial score (nSPS) is 44.6. The third kappa shape index (κ3) is 8.37. The number of fused-ring (bicyclic) bond motifs is 1. The van der Waals surface area contributed by atoms with Crippen molar-refractivity contribution in [3.8, 4) is 0 Å². The zero-order valence-corrected chi connectivity index (χ0v) is 30.1. The van der Waals surface area contributed by atoms with Gasteiger partial charge in [0.2, 0.25) is 5.95 Å². The number of hydrogen-bond acceptors (Lipinski definition) is 24. The molecule has 4 aliphatic rings. The van der Waals surface area contributed by atoms with Gasteiger partial charge in [-0.05, 0) is 6.42 Å². The number of nitrogens with one attached hydrogen (secondary N) is 1. The molecule has 4 fully saturated rings. The predicted molar refractivity (Wildman–Crippen MR) is 181 cm³/mol. The van der Waals surface area contributed by atoms with E-state index in [9.17, 15) is 55.1 Å². The molecule has 6 rings (SSSR count). The molecule has 1 saturated carbocycles. The second-order valence-corrected chi connectivity index (χ2v) is 15.4. The molecule has 0 radical (unpaired) electrons. The first-order valence-corrected chi connectivity index (χ1v) is 18.9. The molecule has 1 unspecified atom stereocenters. The molecule has 20 N–H and O–H groups in total. The lowest BCUT2D eigenvalue weighted by Gasteiger charge is -2.48. The molecule has 3 saturated heterocycles. The fraction of sp³-hybridized carbons (Fsp3) is 0.821. The third-order valence-corrected chi connectivity index (χ3v) is 11.2. The summed E-state index contributed by atoms with van der Waals surface area (Å²) in [5, 5.41) is 84.8. The Bertz CT molecular complexity index is 1760. The van der Waals surface area contributed by atoms with Gasteiger partial charge in [-0.25, -0.2) is 9.55 Å². The maximum atomic E-state index is 13.1. The van der Waals surface area contributed by atoms with E-state index in [4.69, 9.17) is 61.4 Å². The molecule has 318 valence electrons. The summed E-state index contributed by atoms with van der Waals surface area (Å²) < 4.78 is 52.7. The largest absolute Gasteiger partial charge is 0.472 e. The van der Waals surface area contributed by atoms with Gasteiger partial charge in [0.05, 0.1) is 25.6 Å². The number of hydrogen-bond donors (Lipinski definition) is 15. The van der Waals surface area contributed by atoms with Crippen LogP contribution in [-0.2, 0) is 37.3 Å². The molecule has 0 amide bonds. The van der Waals surface area contributed by atoms with Crippen molar-refractivity contribution in [2.45, 2.75) is 123 Å². The number of ether oxygens (including phenoxy) is 5. The maximum Gasteiger partial charge on any atom is 0.472 e. The van der Waals surface area contributed by atoms with Gasteiger partial charge in [0.1, 0.15) is 79.4 Å². The van der Waals surface area contributed by atoms with Gasteiger partial charge in [-0.1, -0.05) is 0 Å². The van der Waals surface area contributed by atoms with Gasteiger partial charge in [-0.15, -0.1) is 0 Å². The molecule has 0 aromatic carbocycles. The van der Waals surface area contributed by atoms with E-state index >= 15 is 0 Å². The summed E-state index contributed by atoms with van der Waals surface area (Å²) in [5.74, 6) is -0.264. The van der Waals surface area contributed by atoms with E-state index in [0.717, 1.165) is 10.9 Å². The Hall–Kier alpha value is -2.42. The van der Waals surface area contributed by atoms with Crippen LogP contribution in [0, 0.1) is 0 Å². The number of phosphoric ester groups is 1. The highest BCUT2D eigenvalue weighted by atomic mass is 31.2. The molecule has 56 heavy (non-hydrogen) atoms. The fourth-order valence-electron chi connectivity index (χ4n) is 7.09. The van der Waals surface area contributed by atoms with Gasteiger partial charge in [0.25, 0.3) is 5.56 Å². The van der Waals surface area contributed by atoms with Gasteiger partial charge >= 0.3 is 7.82 Å². The van der Waals surface area contributed by atoms with E-state index in [0.29, 0.717) is 0 Å². The van der Waals surface area contributed by atoms with E-state index in [1.165, 1.54) is 0 Å². The molecule has 28 heteroatoms. The van der Waals surface area contributed by atoms with Crippen molar-refractivity contribution in [1.29, 1.82) is 0 Å². The van der Waals surface area contributed by atoms with Crippen molar-refractivity contribution in [3.05, 3.63) is 16.7 Å². The number of imidazole rings is 1. The minimum atomic E-state index is -5.21. The average molecular weight is 830 g/mol. The Morgan fingerprint density at radius 2 is 1.46 bits per heavy atom. The topological polar surface area (TPSA) is 457 Å². The van der Waals surface area contributed by atoms with Crippen LogP contribution in [0.4, 0.5) is 5.95 Å². The summed E-state index contributed by atoms with van der Waals surface area (Å²) >= 11 is 0. The van der Waals surface area contributed by atoms with E-state index in [-0.39, 0.29) is 23.5 Å². The second kappa shape index (κ2) is 17.0. The number of nitrogen functional groups attached to an aromatic ring is 1. The predicted octanol–water partition coefficient (Wildman–Crippen LogP) is -8.82. The monoisotopic (exact) mass is 829 g/mol. The zero-order chi connectivity index (χ0) is 41.0. The molecule has 2 aromatic heterocycles. The SMILES string of the molecule is NC[C@H]1O[C@H](O[C@H]2[C@H](O)[C@@H](O[C@H]3O[C@H](CO)[C@@H](O)[C@H](N)[C@H]3O)[C@H](N)C[C@@H]2N)[C@H](O)[C@@H](O)[C@@H]1OP(=O)(O)OC[C@H]1O[C@@H](n2cnc3c(=O)[nH]c(N)nc32)[C@H](O)[C@@H]1O. The Morgan fingerprint density at radius 1 is 0.839 bits per heavy atom. The van der Waals surface area contributed by atoms with Gasteiger partial charge in [-0.2, -0.15) is 4.98 Å². The number of nitrogens with zero attached hydrogens (tertiary/aromatic N) is 3. The molecule has 0 spiro atoms. The standard InChI is InChI=1S/C28H48N9O18P/c29-2-8-22(55-56(47,48)49-4-10-14(40)17(43)25(50-10)37-5-34-12-23(37)35-28(33)36-24(12)46)16(42)18(44)27(51-8)54-21-7(31)1-6(30)20(19(21)45)53-26-15(41)11(32)13(39)9(3-38)52-26/h5-11,13-22,25-27,38-45H,1-4,29-32H2,(H,47,48)(H3,33,35,36,46)/t6-,7+,8-,9-,10-,11+,13-,14-,15-,16-,17-,18-,19-,20+,21-,22-,25-,26-,27-/m1/s1. The molecular formula is C28H48N9O18P. The first-order valence-electron chi connectivity index (χ1n) is 17.4. The summed E-state index contributed by atoms with van der Waals surface area (Å²) in [6.07, 6.45) is -24.6. The highest BCUT2D eigenvalue weighted by molar-refractivity contribution is 7.47. The molecule has 27 nitrogen and oxygen atoms in total. The highest BCUT2D eigenvalue weighted by Crippen LogP contribution is 2.48. The van der Waals surface area contributed by atoms with Crippen LogP contribution in [0.3, 0.4) is 0 Å². The summed E-state index contributed by atoms with van der Waals surface area (Å²) in [6, 6.07) is -3.29. The molecule has 5 heterocycles. The van der Waals surface area contributed by atoms with Gasteiger partial charge in [0, 0.05) is 18.6 Å². The average Bonchev–Trinajstić information content (AvgIpc) is 3.69. The zero-order valence-electron chi connectivity index (χ0n) is 29.3. The van der Waals surface area contributed by atoms with Gasteiger partial charge in [-0.3, -0.25) is 23.4 Å². The van der Waals surface area contributed by atoms with E-state index in [1.54, 1.807) is 0 Å². The van der Waals surface area contributed by atoms with Crippen LogP contribution in [0.2, 0.25) is 0 Å². The maximum absolute atomic E-state index is 13.1. The minimum Gasteiger partial charge on any atom is -0.394 e. The number of aliphatic hydroxyl groups excluding tert-OH is 8. The summed E-state index contributed by atoms with van der Waals surface area (Å²) in [7, 11) is -5.21. The minimum absolute atomic E-state index is 0.0583. The van der Waals surface area contributed by atoms with Crippen LogP contribution in [0.5, 0.6) is 0 Å². The summed E-state index contributed by atoms with van der Waals surface area (Å²) in [6.45, 7) is -2.03. The smallest absolute Gasteiger partial charge is 0.394 e. The molecule has 1 aliphatic carbocycles. The van der Waals surface area contributed by atoms with Crippen molar-refractivity contribution in [2.24, 2.45) is 22.9 Å². The Labute approximate surface area is 315 Å². The number of aromatic amines is 1. The van der Waals surface area contributed by atoms with Crippen molar-refractivity contribution in [3.63, 3.8) is 0 Å². The molecule has 2 aromatic rings. The van der Waals surface area contributed by atoms with Crippen LogP contribution in [0.25, 0.3) is 11.2 Å². The van der Waals surface area contributed by atoms with E-state index in [2.05, 4.69) is 15.0 Å². The lowest BCUT2D eigenvalue weighted by Crippen LogP contribution is -2.68. The van der Waals surface area contributed by atoms with E-state index in [1.807, 2.05) is 0 Å².